The van der Waals surface area contributed by atoms with E-state index in [1.165, 1.54) is 42.7 Å². The zero-order chi connectivity index (χ0) is 14.3. The van der Waals surface area contributed by atoms with Gasteiger partial charge in [0.2, 0.25) is 0 Å². The fourth-order valence-electron chi connectivity index (χ4n) is 3.36. The normalized spacial score (nSPS) is 19.1. The summed E-state index contributed by atoms with van der Waals surface area (Å²) in [6.45, 7) is 9.45. The maximum atomic E-state index is 9.76. The van der Waals surface area contributed by atoms with Gasteiger partial charge >= 0.3 is 14.1 Å². The maximum absolute atomic E-state index is 9.76. The fraction of sp³-hybridized carbons (Fsp3) is 1.00. The van der Waals surface area contributed by atoms with Crippen molar-refractivity contribution in [2.24, 2.45) is 11.8 Å². The van der Waals surface area contributed by atoms with Crippen LogP contribution in [0.25, 0.3) is 0 Å². The summed E-state index contributed by atoms with van der Waals surface area (Å²) in [5, 5.41) is 12.4. The minimum Gasteiger partial charge on any atom is -0.395 e. The number of hydrogen-bond acceptors (Lipinski definition) is 2. The summed E-state index contributed by atoms with van der Waals surface area (Å²) in [6.07, 6.45) is 6.83. The molecule has 1 atom stereocenters. The lowest BCUT2D eigenvalue weighted by Crippen LogP contribution is -2.41. The predicted molar refractivity (Wildman–Crippen MR) is 83.9 cm³/mol. The standard InChI is InChI=1S/C8H15O2.2C4H9.Al/c9-6-7-10-8-4-2-1-3-5-8;2*1-4(2)3;/h7-9H,1-6H2;2*4H,1H2,2-3H3;. The highest BCUT2D eigenvalue weighted by atomic mass is 27.2. The van der Waals surface area contributed by atoms with Gasteiger partial charge in [0.25, 0.3) is 0 Å². The Bertz CT molecular complexity index is 215. The molecule has 0 aromatic rings. The highest BCUT2D eigenvalue weighted by Gasteiger charge is 2.32. The van der Waals surface area contributed by atoms with Gasteiger partial charge < -0.3 is 9.84 Å². The van der Waals surface area contributed by atoms with Crippen molar-refractivity contribution in [3.8, 4) is 0 Å². The van der Waals surface area contributed by atoms with Crippen molar-refractivity contribution in [1.82, 2.24) is 0 Å². The van der Waals surface area contributed by atoms with E-state index in [1.807, 2.05) is 0 Å². The molecule has 1 saturated carbocycles. The van der Waals surface area contributed by atoms with E-state index >= 15 is 0 Å². The Morgan fingerprint density at radius 1 is 1.00 bits per heavy atom. The van der Waals surface area contributed by atoms with Gasteiger partial charge in [-0.25, -0.2) is 0 Å². The van der Waals surface area contributed by atoms with Crippen molar-refractivity contribution in [1.29, 1.82) is 0 Å². The van der Waals surface area contributed by atoms with Crippen LogP contribution in [0.4, 0.5) is 0 Å². The van der Waals surface area contributed by atoms with Crippen molar-refractivity contribution in [2.45, 2.75) is 81.4 Å². The Balaban J connectivity index is 2.54. The molecular weight excluding hydrogens is 251 g/mol. The Kier molecular flexibility index (Phi) is 8.66. The van der Waals surface area contributed by atoms with Gasteiger partial charge in [-0.15, -0.1) is 0 Å². The molecule has 3 heteroatoms. The molecule has 0 bridgehead atoms. The van der Waals surface area contributed by atoms with Crippen molar-refractivity contribution in [2.75, 3.05) is 6.61 Å². The number of rotatable bonds is 8. The second kappa shape index (κ2) is 9.40. The van der Waals surface area contributed by atoms with Crippen molar-refractivity contribution >= 4 is 14.1 Å². The van der Waals surface area contributed by atoms with Crippen molar-refractivity contribution in [3.63, 3.8) is 0 Å². The molecule has 0 heterocycles. The molecule has 1 aliphatic carbocycles. The first-order valence-electron chi connectivity index (χ1n) is 8.29. The van der Waals surface area contributed by atoms with Gasteiger partial charge in [-0.1, -0.05) is 69.4 Å². The summed E-state index contributed by atoms with van der Waals surface area (Å²) >= 11 is -1.01. The van der Waals surface area contributed by atoms with Crippen LogP contribution >= 0.6 is 0 Å². The summed E-state index contributed by atoms with van der Waals surface area (Å²) < 4.78 is 6.32. The van der Waals surface area contributed by atoms with Crippen LogP contribution in [0, 0.1) is 11.8 Å². The van der Waals surface area contributed by atoms with Crippen molar-refractivity contribution < 1.29 is 9.84 Å². The van der Waals surface area contributed by atoms with Crippen LogP contribution in [0.3, 0.4) is 0 Å². The number of hydrogen-bond donors (Lipinski definition) is 1. The van der Waals surface area contributed by atoms with E-state index in [4.69, 9.17) is 4.74 Å². The first kappa shape index (κ1) is 17.5. The molecule has 0 saturated heterocycles. The Labute approximate surface area is 124 Å². The zero-order valence-electron chi connectivity index (χ0n) is 13.4. The third-order valence-electron chi connectivity index (χ3n) is 4.17. The lowest BCUT2D eigenvalue weighted by atomic mass is 9.98. The number of aliphatic hydroxyl groups is 1. The first-order chi connectivity index (χ1) is 9.02. The highest BCUT2D eigenvalue weighted by molar-refractivity contribution is 6.60. The molecule has 0 radical (unpaired) electrons. The molecule has 1 unspecified atom stereocenters. The molecule has 0 aromatic carbocycles. The van der Waals surface area contributed by atoms with Gasteiger partial charge in [0, 0.05) is 4.97 Å². The zero-order valence-corrected chi connectivity index (χ0v) is 14.6. The molecule has 1 aliphatic rings. The molecule has 19 heavy (non-hydrogen) atoms. The van der Waals surface area contributed by atoms with E-state index in [9.17, 15) is 5.11 Å². The molecule has 1 rings (SSSR count). The van der Waals surface area contributed by atoms with E-state index in [2.05, 4.69) is 27.7 Å². The van der Waals surface area contributed by atoms with Crippen LogP contribution in [-0.4, -0.2) is 36.9 Å². The van der Waals surface area contributed by atoms with Gasteiger partial charge in [-0.3, -0.25) is 0 Å². The molecule has 1 fully saturated rings. The Morgan fingerprint density at radius 3 is 1.95 bits per heavy atom. The second-order valence-corrected chi connectivity index (χ2v) is 10.3. The average molecular weight is 284 g/mol. The van der Waals surface area contributed by atoms with Crippen LogP contribution < -0.4 is 0 Å². The molecule has 0 spiro atoms. The number of aliphatic hydroxyl groups excluding tert-OH is 1. The summed E-state index contributed by atoms with van der Waals surface area (Å²) in [4.78, 5) is 0.188. The molecule has 2 nitrogen and oxygen atoms in total. The predicted octanol–water partition coefficient (Wildman–Crippen LogP) is 4.04. The van der Waals surface area contributed by atoms with E-state index in [0.717, 1.165) is 11.8 Å². The largest absolute Gasteiger partial charge is 0.395 e. The monoisotopic (exact) mass is 284 g/mol. The van der Waals surface area contributed by atoms with Gasteiger partial charge in [0.15, 0.2) is 0 Å². The maximum Gasteiger partial charge on any atom is 0.310 e. The molecule has 1 N–H and O–H groups in total. The lowest BCUT2D eigenvalue weighted by molar-refractivity contribution is -0.0182. The molecule has 0 aliphatic heterocycles. The summed E-state index contributed by atoms with van der Waals surface area (Å²) in [7, 11) is 0. The summed E-state index contributed by atoms with van der Waals surface area (Å²) in [5.74, 6) is 1.47. The van der Waals surface area contributed by atoms with E-state index in [1.54, 1.807) is 0 Å². The van der Waals surface area contributed by atoms with Gasteiger partial charge in [-0.2, -0.15) is 0 Å². The number of ether oxygens (including phenoxy) is 1. The molecule has 0 amide bonds. The third kappa shape index (κ3) is 7.14. The van der Waals surface area contributed by atoms with E-state index in [0.29, 0.717) is 6.10 Å². The van der Waals surface area contributed by atoms with Gasteiger partial charge in [0.1, 0.15) is 0 Å². The molecule has 112 valence electrons. The van der Waals surface area contributed by atoms with Crippen LogP contribution in [0.5, 0.6) is 0 Å². The minimum absolute atomic E-state index is 0.188. The quantitative estimate of drug-likeness (QED) is 0.682. The lowest BCUT2D eigenvalue weighted by Gasteiger charge is -2.31. The van der Waals surface area contributed by atoms with Crippen LogP contribution in [-0.2, 0) is 4.74 Å². The fourth-order valence-corrected chi connectivity index (χ4v) is 7.33. The summed E-state index contributed by atoms with van der Waals surface area (Å²) in [6, 6.07) is 0. The van der Waals surface area contributed by atoms with Crippen LogP contribution in [0.2, 0.25) is 10.6 Å². The van der Waals surface area contributed by atoms with Gasteiger partial charge in [-0.05, 0) is 12.8 Å². The Hall–Kier alpha value is 0.452. The van der Waals surface area contributed by atoms with Crippen molar-refractivity contribution in [3.05, 3.63) is 0 Å². The Morgan fingerprint density at radius 2 is 1.53 bits per heavy atom. The average Bonchev–Trinajstić information content (AvgIpc) is 2.35. The SMILES string of the molecule is CC(C)[CH2][Al]([CH2]C(C)C)[CH](CO)OC1CCCCC1. The van der Waals surface area contributed by atoms with Crippen LogP contribution in [0.15, 0.2) is 0 Å². The summed E-state index contributed by atoms with van der Waals surface area (Å²) in [5.41, 5.74) is 0. The molecule has 0 aromatic heterocycles. The second-order valence-electron chi connectivity index (χ2n) is 7.14. The van der Waals surface area contributed by atoms with Gasteiger partial charge in [0.05, 0.1) is 12.7 Å². The first-order valence-corrected chi connectivity index (χ1v) is 10.6. The van der Waals surface area contributed by atoms with E-state index in [-0.39, 0.29) is 11.6 Å². The smallest absolute Gasteiger partial charge is 0.310 e. The van der Waals surface area contributed by atoms with Crippen LogP contribution in [0.1, 0.15) is 59.8 Å². The third-order valence-corrected chi connectivity index (χ3v) is 8.69. The molecular formula is C16H33AlO2. The topological polar surface area (TPSA) is 29.5 Å². The minimum atomic E-state index is -1.01. The highest BCUT2D eigenvalue weighted by Crippen LogP contribution is 2.25. The van der Waals surface area contributed by atoms with E-state index < -0.39 is 14.1 Å².